The molecule has 0 aliphatic rings. The lowest BCUT2D eigenvalue weighted by molar-refractivity contribution is 0.655. The number of nitrogens with one attached hydrogen (secondary N) is 1. The fourth-order valence-corrected chi connectivity index (χ4v) is 2.30. The second-order valence-electron chi connectivity index (χ2n) is 4.64. The molecule has 0 saturated carbocycles. The summed E-state index contributed by atoms with van der Waals surface area (Å²) in [5, 5.41) is 3.25. The smallest absolute Gasteiger partial charge is 0.330 e. The third-order valence-electron chi connectivity index (χ3n) is 3.35. The fourth-order valence-electron chi connectivity index (χ4n) is 1.93. The maximum atomic E-state index is 11.8. The third kappa shape index (κ3) is 2.70. The highest BCUT2D eigenvalue weighted by atomic mass is 79.9. The van der Waals surface area contributed by atoms with E-state index in [1.54, 1.807) is 7.05 Å². The standard InChI is InChI=1S/C14H16BrN3O2/c1-9-11(15)5-4-6-12(9)16-8-10-7-13(19)18(3)14(20)17(10)2/h4-7,16H,8H2,1-3H3. The van der Waals surface area contributed by atoms with Crippen molar-refractivity contribution in [2.75, 3.05) is 5.32 Å². The molecule has 6 heteroatoms. The molecule has 0 saturated heterocycles. The molecule has 0 aliphatic heterocycles. The van der Waals surface area contributed by atoms with Crippen molar-refractivity contribution in [3.05, 3.63) is 60.8 Å². The molecule has 0 atom stereocenters. The van der Waals surface area contributed by atoms with Gasteiger partial charge in [-0.3, -0.25) is 13.9 Å². The summed E-state index contributed by atoms with van der Waals surface area (Å²) >= 11 is 3.47. The summed E-state index contributed by atoms with van der Waals surface area (Å²) in [7, 11) is 3.13. The van der Waals surface area contributed by atoms with E-state index < -0.39 is 0 Å². The molecule has 0 radical (unpaired) electrons. The monoisotopic (exact) mass is 337 g/mol. The molecule has 2 aromatic rings. The van der Waals surface area contributed by atoms with E-state index >= 15 is 0 Å². The van der Waals surface area contributed by atoms with Crippen LogP contribution in [0, 0.1) is 6.92 Å². The lowest BCUT2D eigenvalue weighted by atomic mass is 10.2. The summed E-state index contributed by atoms with van der Waals surface area (Å²) in [6.07, 6.45) is 0. The Morgan fingerprint density at radius 1 is 1.20 bits per heavy atom. The van der Waals surface area contributed by atoms with Crippen molar-refractivity contribution in [3.63, 3.8) is 0 Å². The minimum absolute atomic E-state index is 0.295. The van der Waals surface area contributed by atoms with E-state index in [9.17, 15) is 9.59 Å². The highest BCUT2D eigenvalue weighted by molar-refractivity contribution is 9.10. The van der Waals surface area contributed by atoms with E-state index in [0.717, 1.165) is 20.3 Å². The summed E-state index contributed by atoms with van der Waals surface area (Å²) in [5.41, 5.74) is 2.09. The second kappa shape index (κ2) is 5.66. The van der Waals surface area contributed by atoms with Crippen LogP contribution in [0.5, 0.6) is 0 Å². The first-order valence-corrected chi connectivity index (χ1v) is 6.96. The predicted molar refractivity (Wildman–Crippen MR) is 83.1 cm³/mol. The summed E-state index contributed by atoms with van der Waals surface area (Å²) in [6.45, 7) is 2.41. The fraction of sp³-hybridized carbons (Fsp3) is 0.286. The topological polar surface area (TPSA) is 56.0 Å². The number of hydrogen-bond donors (Lipinski definition) is 1. The molecule has 1 aromatic heterocycles. The Hall–Kier alpha value is -1.82. The summed E-state index contributed by atoms with van der Waals surface area (Å²) in [4.78, 5) is 23.5. The molecule has 0 aliphatic carbocycles. The zero-order chi connectivity index (χ0) is 14.9. The largest absolute Gasteiger partial charge is 0.379 e. The van der Waals surface area contributed by atoms with E-state index in [4.69, 9.17) is 0 Å². The molecule has 0 bridgehead atoms. The Morgan fingerprint density at radius 2 is 1.90 bits per heavy atom. The maximum absolute atomic E-state index is 11.8. The van der Waals surface area contributed by atoms with Gasteiger partial charge in [0.05, 0.1) is 6.54 Å². The third-order valence-corrected chi connectivity index (χ3v) is 4.21. The molecular formula is C14H16BrN3O2. The van der Waals surface area contributed by atoms with Gasteiger partial charge in [0.25, 0.3) is 5.56 Å². The average molecular weight is 338 g/mol. The van der Waals surface area contributed by atoms with Crippen molar-refractivity contribution in [2.45, 2.75) is 13.5 Å². The summed E-state index contributed by atoms with van der Waals surface area (Å²) in [5.74, 6) is 0. The molecule has 1 N–H and O–H groups in total. The molecule has 1 aromatic carbocycles. The van der Waals surface area contributed by atoms with Crippen molar-refractivity contribution in [3.8, 4) is 0 Å². The number of nitrogens with zero attached hydrogens (tertiary/aromatic N) is 2. The van der Waals surface area contributed by atoms with Crippen LogP contribution in [0.4, 0.5) is 5.69 Å². The quantitative estimate of drug-likeness (QED) is 0.928. The first-order valence-electron chi connectivity index (χ1n) is 6.16. The number of halogens is 1. The lowest BCUT2D eigenvalue weighted by Gasteiger charge is -2.13. The Balaban J connectivity index is 2.31. The zero-order valence-corrected chi connectivity index (χ0v) is 13.2. The molecule has 106 valence electrons. The summed E-state index contributed by atoms with van der Waals surface area (Å²) < 4.78 is 3.58. The van der Waals surface area contributed by atoms with E-state index in [2.05, 4.69) is 21.2 Å². The first kappa shape index (κ1) is 14.6. The molecule has 0 unspecified atom stereocenters. The van der Waals surface area contributed by atoms with E-state index in [1.165, 1.54) is 17.7 Å². The number of rotatable bonds is 3. The van der Waals surface area contributed by atoms with Gasteiger partial charge in [-0.15, -0.1) is 0 Å². The van der Waals surface area contributed by atoms with Crippen molar-refractivity contribution in [1.29, 1.82) is 0 Å². The Bertz CT molecular complexity index is 762. The van der Waals surface area contributed by atoms with Gasteiger partial charge >= 0.3 is 5.69 Å². The van der Waals surface area contributed by atoms with Crippen LogP contribution in [-0.4, -0.2) is 9.13 Å². The van der Waals surface area contributed by atoms with Crippen LogP contribution in [-0.2, 0) is 20.6 Å². The van der Waals surface area contributed by atoms with Gasteiger partial charge < -0.3 is 5.32 Å². The van der Waals surface area contributed by atoms with Gasteiger partial charge in [0.2, 0.25) is 0 Å². The first-order chi connectivity index (χ1) is 9.41. The van der Waals surface area contributed by atoms with Gasteiger partial charge in [-0.05, 0) is 24.6 Å². The Labute approximate surface area is 125 Å². The second-order valence-corrected chi connectivity index (χ2v) is 5.49. The minimum Gasteiger partial charge on any atom is -0.379 e. The van der Waals surface area contributed by atoms with Crippen LogP contribution >= 0.6 is 15.9 Å². The van der Waals surface area contributed by atoms with Gasteiger partial charge in [-0.1, -0.05) is 22.0 Å². The number of benzene rings is 1. The molecule has 0 spiro atoms. The molecule has 5 nitrogen and oxygen atoms in total. The van der Waals surface area contributed by atoms with Crippen molar-refractivity contribution >= 4 is 21.6 Å². The molecule has 2 rings (SSSR count). The van der Waals surface area contributed by atoms with Gasteiger partial charge in [0, 0.05) is 36.0 Å². The molecule has 1 heterocycles. The minimum atomic E-state index is -0.319. The van der Waals surface area contributed by atoms with Gasteiger partial charge in [-0.2, -0.15) is 0 Å². The lowest BCUT2D eigenvalue weighted by Crippen LogP contribution is -2.38. The molecule has 0 amide bonds. The van der Waals surface area contributed by atoms with Crippen LogP contribution in [0.3, 0.4) is 0 Å². The Morgan fingerprint density at radius 3 is 2.60 bits per heavy atom. The van der Waals surface area contributed by atoms with Crippen LogP contribution in [0.25, 0.3) is 0 Å². The van der Waals surface area contributed by atoms with Gasteiger partial charge in [-0.25, -0.2) is 4.79 Å². The maximum Gasteiger partial charge on any atom is 0.330 e. The van der Waals surface area contributed by atoms with E-state index in [-0.39, 0.29) is 11.2 Å². The van der Waals surface area contributed by atoms with Crippen LogP contribution in [0.2, 0.25) is 0 Å². The van der Waals surface area contributed by atoms with Crippen molar-refractivity contribution < 1.29 is 0 Å². The van der Waals surface area contributed by atoms with Crippen LogP contribution in [0.15, 0.2) is 38.3 Å². The van der Waals surface area contributed by atoms with E-state index in [0.29, 0.717) is 12.2 Å². The summed E-state index contributed by atoms with van der Waals surface area (Å²) in [6, 6.07) is 7.33. The van der Waals surface area contributed by atoms with Crippen molar-refractivity contribution in [1.82, 2.24) is 9.13 Å². The number of anilines is 1. The number of aromatic nitrogens is 2. The SMILES string of the molecule is Cc1c(Br)cccc1NCc1cc(=O)n(C)c(=O)n1C. The zero-order valence-electron chi connectivity index (χ0n) is 11.6. The van der Waals surface area contributed by atoms with Gasteiger partial charge in [0.15, 0.2) is 0 Å². The highest BCUT2D eigenvalue weighted by Gasteiger charge is 2.07. The average Bonchev–Trinajstić information content (AvgIpc) is 2.43. The van der Waals surface area contributed by atoms with Crippen LogP contribution in [0.1, 0.15) is 11.3 Å². The highest BCUT2D eigenvalue weighted by Crippen LogP contribution is 2.23. The van der Waals surface area contributed by atoms with Gasteiger partial charge in [0.1, 0.15) is 0 Å². The molecular weight excluding hydrogens is 322 g/mol. The molecule has 20 heavy (non-hydrogen) atoms. The predicted octanol–water partition coefficient (Wildman–Crippen LogP) is 1.77. The van der Waals surface area contributed by atoms with E-state index in [1.807, 2.05) is 25.1 Å². The molecule has 0 fully saturated rings. The Kier molecular flexibility index (Phi) is 4.13. The normalized spacial score (nSPS) is 10.6. The van der Waals surface area contributed by atoms with Crippen LogP contribution < -0.4 is 16.6 Å². The number of hydrogen-bond acceptors (Lipinski definition) is 3. The van der Waals surface area contributed by atoms with Crippen molar-refractivity contribution in [2.24, 2.45) is 14.1 Å².